The minimum atomic E-state index is 0.0124. The quantitative estimate of drug-likeness (QED) is 0.812. The standard InChI is InChI=1S/C14H17N3O/c1-2-17-13(8-10-16-17)14(18)12-6-4-3-5-11(12)7-9-15/h3-6,8,10H,2,7,9,15H2,1H3. The van der Waals surface area contributed by atoms with Gasteiger partial charge in [-0.3, -0.25) is 9.48 Å². The van der Waals surface area contributed by atoms with Gasteiger partial charge in [-0.25, -0.2) is 0 Å². The van der Waals surface area contributed by atoms with E-state index in [-0.39, 0.29) is 5.78 Å². The SMILES string of the molecule is CCn1nccc1C(=O)c1ccccc1CCN. The van der Waals surface area contributed by atoms with Gasteiger partial charge in [0.15, 0.2) is 0 Å². The predicted octanol–water partition coefficient (Wildman–Crippen LogP) is 1.64. The molecule has 0 amide bonds. The van der Waals surface area contributed by atoms with Crippen molar-refractivity contribution in [3.63, 3.8) is 0 Å². The summed E-state index contributed by atoms with van der Waals surface area (Å²) in [6.45, 7) is 3.19. The van der Waals surface area contributed by atoms with E-state index in [2.05, 4.69) is 5.10 Å². The zero-order valence-corrected chi connectivity index (χ0v) is 10.5. The van der Waals surface area contributed by atoms with Crippen LogP contribution in [0.1, 0.15) is 28.5 Å². The Morgan fingerprint density at radius 2 is 2.11 bits per heavy atom. The molecule has 1 heterocycles. The largest absolute Gasteiger partial charge is 0.330 e. The number of aromatic nitrogens is 2. The molecule has 0 aliphatic rings. The van der Waals surface area contributed by atoms with E-state index >= 15 is 0 Å². The van der Waals surface area contributed by atoms with Gasteiger partial charge in [-0.2, -0.15) is 5.10 Å². The van der Waals surface area contributed by atoms with E-state index < -0.39 is 0 Å². The van der Waals surface area contributed by atoms with Gasteiger partial charge in [-0.05, 0) is 31.5 Å². The minimum Gasteiger partial charge on any atom is -0.330 e. The lowest BCUT2D eigenvalue weighted by Gasteiger charge is -2.08. The van der Waals surface area contributed by atoms with Crippen LogP contribution in [0.3, 0.4) is 0 Å². The summed E-state index contributed by atoms with van der Waals surface area (Å²) in [7, 11) is 0. The monoisotopic (exact) mass is 243 g/mol. The highest BCUT2D eigenvalue weighted by molar-refractivity contribution is 6.08. The number of hydrogen-bond acceptors (Lipinski definition) is 3. The summed E-state index contributed by atoms with van der Waals surface area (Å²) in [4.78, 5) is 12.5. The third-order valence-corrected chi connectivity index (χ3v) is 2.92. The number of rotatable bonds is 5. The molecule has 4 nitrogen and oxygen atoms in total. The predicted molar refractivity (Wildman–Crippen MR) is 70.5 cm³/mol. The molecule has 0 saturated carbocycles. The van der Waals surface area contributed by atoms with E-state index in [4.69, 9.17) is 5.73 Å². The second-order valence-corrected chi connectivity index (χ2v) is 4.06. The molecule has 0 saturated heterocycles. The average molecular weight is 243 g/mol. The topological polar surface area (TPSA) is 60.9 Å². The van der Waals surface area contributed by atoms with Gasteiger partial charge in [0.25, 0.3) is 0 Å². The molecule has 0 bridgehead atoms. The van der Waals surface area contributed by atoms with Crippen molar-refractivity contribution in [2.45, 2.75) is 19.9 Å². The van der Waals surface area contributed by atoms with Crippen molar-refractivity contribution in [3.8, 4) is 0 Å². The highest BCUT2D eigenvalue weighted by Gasteiger charge is 2.16. The van der Waals surface area contributed by atoms with Crippen molar-refractivity contribution < 1.29 is 4.79 Å². The maximum Gasteiger partial charge on any atom is 0.211 e. The van der Waals surface area contributed by atoms with Gasteiger partial charge in [-0.1, -0.05) is 24.3 Å². The van der Waals surface area contributed by atoms with Crippen LogP contribution in [-0.4, -0.2) is 22.1 Å². The van der Waals surface area contributed by atoms with E-state index in [1.54, 1.807) is 16.9 Å². The van der Waals surface area contributed by atoms with E-state index in [0.717, 1.165) is 11.1 Å². The smallest absolute Gasteiger partial charge is 0.211 e. The van der Waals surface area contributed by atoms with Crippen LogP contribution in [0.2, 0.25) is 0 Å². The number of carbonyl (C=O) groups excluding carboxylic acids is 1. The van der Waals surface area contributed by atoms with Crippen molar-refractivity contribution in [1.29, 1.82) is 0 Å². The van der Waals surface area contributed by atoms with Crippen LogP contribution < -0.4 is 5.73 Å². The van der Waals surface area contributed by atoms with Crippen LogP contribution >= 0.6 is 0 Å². The lowest BCUT2D eigenvalue weighted by atomic mass is 9.99. The fraction of sp³-hybridized carbons (Fsp3) is 0.286. The Labute approximate surface area is 106 Å². The normalized spacial score (nSPS) is 10.6. The van der Waals surface area contributed by atoms with Crippen molar-refractivity contribution in [2.75, 3.05) is 6.54 Å². The number of benzene rings is 1. The van der Waals surface area contributed by atoms with Crippen LogP contribution in [0, 0.1) is 0 Å². The molecule has 2 aromatic rings. The summed E-state index contributed by atoms with van der Waals surface area (Å²) in [5, 5.41) is 4.13. The molecule has 18 heavy (non-hydrogen) atoms. The van der Waals surface area contributed by atoms with Crippen LogP contribution in [0.25, 0.3) is 0 Å². The number of aryl methyl sites for hydroxylation is 1. The molecule has 1 aromatic carbocycles. The number of nitrogens with zero attached hydrogens (tertiary/aromatic N) is 2. The lowest BCUT2D eigenvalue weighted by molar-refractivity contribution is 0.102. The summed E-state index contributed by atoms with van der Waals surface area (Å²) in [6.07, 6.45) is 2.37. The Balaban J connectivity index is 2.40. The molecule has 0 radical (unpaired) electrons. The first-order valence-electron chi connectivity index (χ1n) is 6.12. The van der Waals surface area contributed by atoms with E-state index in [1.807, 2.05) is 31.2 Å². The summed E-state index contributed by atoms with van der Waals surface area (Å²) < 4.78 is 1.71. The molecular weight excluding hydrogens is 226 g/mol. The molecule has 0 spiro atoms. The molecule has 0 aliphatic heterocycles. The summed E-state index contributed by atoms with van der Waals surface area (Å²) in [5.41, 5.74) is 7.92. The van der Waals surface area contributed by atoms with Crippen LogP contribution in [0.5, 0.6) is 0 Å². The van der Waals surface area contributed by atoms with Gasteiger partial charge in [0.2, 0.25) is 5.78 Å². The Hall–Kier alpha value is -1.94. The second-order valence-electron chi connectivity index (χ2n) is 4.06. The van der Waals surface area contributed by atoms with Gasteiger partial charge < -0.3 is 5.73 Å². The molecule has 1 aromatic heterocycles. The van der Waals surface area contributed by atoms with Crippen LogP contribution in [0.4, 0.5) is 0 Å². The average Bonchev–Trinajstić information content (AvgIpc) is 2.87. The first kappa shape index (κ1) is 12.5. The Morgan fingerprint density at radius 3 is 2.83 bits per heavy atom. The van der Waals surface area contributed by atoms with E-state index in [1.165, 1.54) is 0 Å². The van der Waals surface area contributed by atoms with Gasteiger partial charge in [-0.15, -0.1) is 0 Å². The Morgan fingerprint density at radius 1 is 1.33 bits per heavy atom. The van der Waals surface area contributed by atoms with Crippen LogP contribution in [-0.2, 0) is 13.0 Å². The highest BCUT2D eigenvalue weighted by atomic mass is 16.1. The molecule has 2 N–H and O–H groups in total. The third kappa shape index (κ3) is 2.33. The maximum absolute atomic E-state index is 12.5. The molecule has 0 unspecified atom stereocenters. The van der Waals surface area contributed by atoms with Crippen LogP contribution in [0.15, 0.2) is 36.5 Å². The Kier molecular flexibility index (Phi) is 3.89. The molecule has 0 atom stereocenters. The van der Waals surface area contributed by atoms with Gasteiger partial charge >= 0.3 is 0 Å². The number of ketones is 1. The van der Waals surface area contributed by atoms with Crippen molar-refractivity contribution >= 4 is 5.78 Å². The summed E-state index contributed by atoms with van der Waals surface area (Å²) in [6, 6.07) is 9.36. The fourth-order valence-electron chi connectivity index (χ4n) is 2.03. The van der Waals surface area contributed by atoms with Crippen molar-refractivity contribution in [2.24, 2.45) is 5.73 Å². The first-order chi connectivity index (χ1) is 8.77. The molecule has 0 fully saturated rings. The minimum absolute atomic E-state index is 0.0124. The molecular formula is C14H17N3O. The Bertz CT molecular complexity index is 545. The van der Waals surface area contributed by atoms with Gasteiger partial charge in [0, 0.05) is 18.3 Å². The van der Waals surface area contributed by atoms with E-state index in [0.29, 0.717) is 25.2 Å². The summed E-state index contributed by atoms with van der Waals surface area (Å²) in [5.74, 6) is 0.0124. The number of carbonyl (C=O) groups is 1. The maximum atomic E-state index is 12.5. The second kappa shape index (κ2) is 5.60. The summed E-state index contributed by atoms with van der Waals surface area (Å²) >= 11 is 0. The number of nitrogens with two attached hydrogens (primary N) is 1. The highest BCUT2D eigenvalue weighted by Crippen LogP contribution is 2.15. The van der Waals surface area contributed by atoms with Gasteiger partial charge in [0.1, 0.15) is 5.69 Å². The number of hydrogen-bond donors (Lipinski definition) is 1. The zero-order chi connectivity index (χ0) is 13.0. The fourth-order valence-corrected chi connectivity index (χ4v) is 2.03. The van der Waals surface area contributed by atoms with Crippen molar-refractivity contribution in [3.05, 3.63) is 53.3 Å². The zero-order valence-electron chi connectivity index (χ0n) is 10.5. The molecule has 2 rings (SSSR count). The van der Waals surface area contributed by atoms with E-state index in [9.17, 15) is 4.79 Å². The first-order valence-corrected chi connectivity index (χ1v) is 6.12. The molecule has 0 aliphatic carbocycles. The lowest BCUT2D eigenvalue weighted by Crippen LogP contribution is -2.14. The van der Waals surface area contributed by atoms with Gasteiger partial charge in [0.05, 0.1) is 0 Å². The molecule has 4 heteroatoms. The third-order valence-electron chi connectivity index (χ3n) is 2.92. The molecule has 94 valence electrons. The van der Waals surface area contributed by atoms with Crippen molar-refractivity contribution in [1.82, 2.24) is 9.78 Å².